The second kappa shape index (κ2) is 6.39. The Bertz CT molecular complexity index is 918. The van der Waals surface area contributed by atoms with Crippen molar-refractivity contribution in [2.24, 2.45) is 0 Å². The maximum absolute atomic E-state index is 12.3. The average molecular weight is 309 g/mol. The minimum atomic E-state index is -0.419. The molecule has 0 atom stereocenters. The molecule has 0 unspecified atom stereocenters. The Morgan fingerprint density at radius 2 is 2.00 bits per heavy atom. The minimum absolute atomic E-state index is 0.0425. The fraction of sp³-hybridized carbons (Fsp3) is 0.176. The zero-order valence-corrected chi connectivity index (χ0v) is 12.6. The normalized spacial score (nSPS) is 10.7. The lowest BCUT2D eigenvalue weighted by Crippen LogP contribution is -2.26. The first-order valence-corrected chi connectivity index (χ1v) is 7.23. The molecule has 1 heterocycles. The van der Waals surface area contributed by atoms with E-state index in [1.807, 2.05) is 19.1 Å². The van der Waals surface area contributed by atoms with Crippen LogP contribution >= 0.6 is 0 Å². The molecule has 116 valence electrons. The van der Waals surface area contributed by atoms with Gasteiger partial charge in [0.25, 0.3) is 5.56 Å². The largest absolute Gasteiger partial charge is 0.426 e. The van der Waals surface area contributed by atoms with Gasteiger partial charge in [0.15, 0.2) is 0 Å². The van der Waals surface area contributed by atoms with E-state index in [-0.39, 0.29) is 18.5 Å². The van der Waals surface area contributed by atoms with Crippen LogP contribution < -0.4 is 10.3 Å². The number of esters is 1. The maximum atomic E-state index is 12.3. The van der Waals surface area contributed by atoms with Gasteiger partial charge in [-0.1, -0.05) is 29.5 Å². The van der Waals surface area contributed by atoms with Crippen LogP contribution in [0.25, 0.3) is 10.9 Å². The first-order chi connectivity index (χ1) is 11.1. The summed E-state index contributed by atoms with van der Waals surface area (Å²) in [6.07, 6.45) is 0.0425. The van der Waals surface area contributed by atoms with E-state index in [0.717, 1.165) is 5.56 Å². The lowest BCUT2D eigenvalue weighted by molar-refractivity contribution is -0.134. The van der Waals surface area contributed by atoms with Crippen molar-refractivity contribution in [2.75, 3.05) is 0 Å². The predicted octanol–water partition coefficient (Wildman–Crippen LogP) is 2.10. The topological polar surface area (TPSA) is 74.1 Å². The first kappa shape index (κ1) is 14.9. The molecule has 0 saturated heterocycles. The van der Waals surface area contributed by atoms with Gasteiger partial charge < -0.3 is 4.74 Å². The molecular formula is C17H15N3O3. The van der Waals surface area contributed by atoms with E-state index in [4.69, 9.17) is 4.74 Å². The molecule has 3 rings (SSSR count). The molecule has 23 heavy (non-hydrogen) atoms. The summed E-state index contributed by atoms with van der Waals surface area (Å²) in [6, 6.07) is 14.2. The lowest BCUT2D eigenvalue weighted by atomic mass is 10.2. The average Bonchev–Trinajstić information content (AvgIpc) is 2.54. The summed E-state index contributed by atoms with van der Waals surface area (Å²) >= 11 is 0. The molecule has 2 aromatic carbocycles. The van der Waals surface area contributed by atoms with Gasteiger partial charge in [0.1, 0.15) is 11.3 Å². The number of hydrogen-bond donors (Lipinski definition) is 0. The summed E-state index contributed by atoms with van der Waals surface area (Å²) in [7, 11) is 0. The molecule has 0 aliphatic heterocycles. The number of aryl methyl sites for hydroxylation is 2. The van der Waals surface area contributed by atoms with Crippen LogP contribution in [-0.2, 0) is 11.3 Å². The molecule has 0 bridgehead atoms. The summed E-state index contributed by atoms with van der Waals surface area (Å²) in [5, 5.41) is 8.30. The van der Waals surface area contributed by atoms with Gasteiger partial charge in [0, 0.05) is 0 Å². The second-order valence-electron chi connectivity index (χ2n) is 5.18. The van der Waals surface area contributed by atoms with Gasteiger partial charge in [0.2, 0.25) is 0 Å². The van der Waals surface area contributed by atoms with Crippen molar-refractivity contribution in [1.82, 2.24) is 15.0 Å². The number of hydrogen-bond acceptors (Lipinski definition) is 5. The van der Waals surface area contributed by atoms with Crippen molar-refractivity contribution in [2.45, 2.75) is 19.9 Å². The number of aromatic nitrogens is 3. The molecule has 0 fully saturated rings. The summed E-state index contributed by atoms with van der Waals surface area (Å²) in [5.41, 5.74) is 1.28. The Labute approximate surface area is 132 Å². The standard InChI is InChI=1S/C17H15N3O3/c1-12-5-4-6-13(11-12)23-16(21)9-10-20-17(22)14-7-2-3-8-15(14)18-19-20/h2-8,11H,9-10H2,1H3. The summed E-state index contributed by atoms with van der Waals surface area (Å²) in [5.74, 6) is 0.0735. The third-order valence-electron chi connectivity index (χ3n) is 3.38. The highest BCUT2D eigenvalue weighted by atomic mass is 16.5. The first-order valence-electron chi connectivity index (χ1n) is 7.23. The van der Waals surface area contributed by atoms with Crippen molar-refractivity contribution in [3.8, 4) is 5.75 Å². The van der Waals surface area contributed by atoms with Crippen LogP contribution in [0.5, 0.6) is 5.75 Å². The highest BCUT2D eigenvalue weighted by Crippen LogP contribution is 2.13. The zero-order valence-electron chi connectivity index (χ0n) is 12.6. The van der Waals surface area contributed by atoms with Gasteiger partial charge in [-0.15, -0.1) is 5.10 Å². The summed E-state index contributed by atoms with van der Waals surface area (Å²) in [6.45, 7) is 2.04. The minimum Gasteiger partial charge on any atom is -0.426 e. The van der Waals surface area contributed by atoms with E-state index in [9.17, 15) is 9.59 Å². The molecule has 0 aliphatic carbocycles. The molecule has 0 N–H and O–H groups in total. The highest BCUT2D eigenvalue weighted by Gasteiger charge is 2.09. The highest BCUT2D eigenvalue weighted by molar-refractivity contribution is 5.76. The van der Waals surface area contributed by atoms with Crippen LogP contribution in [0.3, 0.4) is 0 Å². The van der Waals surface area contributed by atoms with Crippen molar-refractivity contribution >= 4 is 16.9 Å². The van der Waals surface area contributed by atoms with Crippen LogP contribution in [-0.4, -0.2) is 21.0 Å². The van der Waals surface area contributed by atoms with Crippen molar-refractivity contribution < 1.29 is 9.53 Å². The number of rotatable bonds is 4. The van der Waals surface area contributed by atoms with E-state index in [0.29, 0.717) is 16.7 Å². The molecule has 0 spiro atoms. The third-order valence-corrected chi connectivity index (χ3v) is 3.38. The molecule has 0 aliphatic rings. The number of carbonyl (C=O) groups excluding carboxylic acids is 1. The molecular weight excluding hydrogens is 294 g/mol. The van der Waals surface area contributed by atoms with E-state index in [1.54, 1.807) is 36.4 Å². The fourth-order valence-electron chi connectivity index (χ4n) is 2.23. The molecule has 6 heteroatoms. The number of nitrogens with zero attached hydrogens (tertiary/aromatic N) is 3. The van der Waals surface area contributed by atoms with Crippen LogP contribution in [0.1, 0.15) is 12.0 Å². The van der Waals surface area contributed by atoms with E-state index in [2.05, 4.69) is 10.3 Å². The van der Waals surface area contributed by atoms with E-state index in [1.165, 1.54) is 4.68 Å². The summed E-state index contributed by atoms with van der Waals surface area (Å²) < 4.78 is 6.42. The Balaban J connectivity index is 1.70. The number of ether oxygens (including phenoxy) is 1. The lowest BCUT2D eigenvalue weighted by Gasteiger charge is -2.06. The van der Waals surface area contributed by atoms with E-state index < -0.39 is 5.97 Å². The molecule has 1 aromatic heterocycles. The Kier molecular flexibility index (Phi) is 4.14. The monoisotopic (exact) mass is 309 g/mol. The Morgan fingerprint density at radius 1 is 1.17 bits per heavy atom. The molecule has 0 radical (unpaired) electrons. The van der Waals surface area contributed by atoms with Gasteiger partial charge >= 0.3 is 5.97 Å². The quantitative estimate of drug-likeness (QED) is 0.545. The van der Waals surface area contributed by atoms with Gasteiger partial charge in [-0.05, 0) is 36.8 Å². The number of fused-ring (bicyclic) bond motifs is 1. The Hall–Kier alpha value is -3.02. The van der Waals surface area contributed by atoms with Crippen LogP contribution in [0, 0.1) is 6.92 Å². The SMILES string of the molecule is Cc1cccc(OC(=O)CCn2nnc3ccccc3c2=O)c1. The van der Waals surface area contributed by atoms with Gasteiger partial charge in [-0.25, -0.2) is 4.68 Å². The van der Waals surface area contributed by atoms with Crippen LogP contribution in [0.15, 0.2) is 53.3 Å². The molecule has 0 saturated carbocycles. The summed E-state index contributed by atoms with van der Waals surface area (Å²) in [4.78, 5) is 24.1. The van der Waals surface area contributed by atoms with Gasteiger partial charge in [0.05, 0.1) is 18.4 Å². The Morgan fingerprint density at radius 3 is 2.83 bits per heavy atom. The number of benzene rings is 2. The van der Waals surface area contributed by atoms with Crippen LogP contribution in [0.4, 0.5) is 0 Å². The fourth-order valence-corrected chi connectivity index (χ4v) is 2.23. The maximum Gasteiger partial charge on any atom is 0.313 e. The second-order valence-corrected chi connectivity index (χ2v) is 5.18. The molecule has 0 amide bonds. The zero-order chi connectivity index (χ0) is 16.2. The van der Waals surface area contributed by atoms with Crippen LogP contribution in [0.2, 0.25) is 0 Å². The number of carbonyl (C=O) groups is 1. The third kappa shape index (κ3) is 3.42. The van der Waals surface area contributed by atoms with Gasteiger partial charge in [-0.3, -0.25) is 9.59 Å². The molecule has 3 aromatic rings. The van der Waals surface area contributed by atoms with Crippen molar-refractivity contribution in [1.29, 1.82) is 0 Å². The van der Waals surface area contributed by atoms with E-state index >= 15 is 0 Å². The van der Waals surface area contributed by atoms with Gasteiger partial charge in [-0.2, -0.15) is 0 Å². The predicted molar refractivity (Wildman–Crippen MR) is 85.2 cm³/mol. The van der Waals surface area contributed by atoms with Crippen molar-refractivity contribution in [3.05, 3.63) is 64.4 Å². The molecule has 6 nitrogen and oxygen atoms in total. The smallest absolute Gasteiger partial charge is 0.313 e. The van der Waals surface area contributed by atoms with Crippen molar-refractivity contribution in [3.63, 3.8) is 0 Å².